The van der Waals surface area contributed by atoms with E-state index >= 15 is 0 Å². The third-order valence-corrected chi connectivity index (χ3v) is 12.4. The lowest BCUT2D eigenvalue weighted by atomic mass is 9.98. The molecule has 12 rings (SSSR count). The summed E-state index contributed by atoms with van der Waals surface area (Å²) in [7, 11) is 0. The Morgan fingerprint density at radius 2 is 0.947 bits per heavy atom. The van der Waals surface area contributed by atoms with Gasteiger partial charge in [-0.2, -0.15) is 0 Å². The monoisotopic (exact) mass is 745 g/mol. The summed E-state index contributed by atoms with van der Waals surface area (Å²) in [6.07, 6.45) is 0. The van der Waals surface area contributed by atoms with Crippen molar-refractivity contribution in [2.45, 2.75) is 0 Å². The first kappa shape index (κ1) is 32.0. The van der Waals surface area contributed by atoms with Gasteiger partial charge in [0.05, 0.1) is 26.9 Å². The number of rotatable bonds is 5. The van der Waals surface area contributed by atoms with Crippen molar-refractivity contribution in [1.82, 2.24) is 14.5 Å². The third kappa shape index (κ3) is 5.13. The molecule has 4 heterocycles. The smallest absolute Gasteiger partial charge is 0.160 e. The number of para-hydroxylation sites is 2. The summed E-state index contributed by atoms with van der Waals surface area (Å²) >= 11 is 1.76. The van der Waals surface area contributed by atoms with E-state index in [-0.39, 0.29) is 0 Å². The van der Waals surface area contributed by atoms with Gasteiger partial charge in [-0.3, -0.25) is 0 Å². The minimum Gasteiger partial charge on any atom is -0.456 e. The van der Waals surface area contributed by atoms with Crippen LogP contribution in [0.5, 0.6) is 0 Å². The summed E-state index contributed by atoms with van der Waals surface area (Å²) in [6.45, 7) is 0. The molecular weight excluding hydrogens is 715 g/mol. The first-order chi connectivity index (χ1) is 28.2. The molecule has 57 heavy (non-hydrogen) atoms. The molecule has 5 heteroatoms. The molecule has 0 saturated carbocycles. The highest BCUT2D eigenvalue weighted by Crippen LogP contribution is 2.42. The number of fused-ring (bicyclic) bond motifs is 9. The lowest BCUT2D eigenvalue weighted by molar-refractivity contribution is 0.669. The molecule has 0 saturated heterocycles. The zero-order valence-corrected chi connectivity index (χ0v) is 31.4. The Kier molecular flexibility index (Phi) is 7.06. The number of thiophene rings is 1. The van der Waals surface area contributed by atoms with Crippen LogP contribution in [0.4, 0.5) is 0 Å². The van der Waals surface area contributed by atoms with E-state index in [0.29, 0.717) is 0 Å². The number of nitrogens with zero attached hydrogens (tertiary/aromatic N) is 3. The molecule has 8 aromatic carbocycles. The zero-order valence-electron chi connectivity index (χ0n) is 30.6. The van der Waals surface area contributed by atoms with Gasteiger partial charge in [-0.15, -0.1) is 11.3 Å². The van der Waals surface area contributed by atoms with Crippen molar-refractivity contribution >= 4 is 75.4 Å². The molecule has 0 atom stereocenters. The highest BCUT2D eigenvalue weighted by atomic mass is 32.1. The van der Waals surface area contributed by atoms with E-state index in [2.05, 4.69) is 168 Å². The Morgan fingerprint density at radius 1 is 0.404 bits per heavy atom. The standard InChI is InChI=1S/C52H31N3OS/c1-4-12-32(13-5-1)49-51-50(54-52(53-49)33-14-6-2-7-15-33)43-31-37(23-27-48(43)57-51)36-22-26-47-42(30-36)41-29-35(21-25-46(41)56-47)34-20-24-45-40(28-34)39-18-10-11-19-44(39)55(45)38-16-8-3-9-17-38/h1-31H. The van der Waals surface area contributed by atoms with E-state index < -0.39 is 0 Å². The third-order valence-electron chi connectivity index (χ3n) is 11.2. The number of hydrogen-bond acceptors (Lipinski definition) is 4. The fourth-order valence-electron chi connectivity index (χ4n) is 8.48. The second-order valence-electron chi connectivity index (χ2n) is 14.6. The van der Waals surface area contributed by atoms with Gasteiger partial charge in [-0.05, 0) is 89.0 Å². The quantitative estimate of drug-likeness (QED) is 0.176. The largest absolute Gasteiger partial charge is 0.456 e. The van der Waals surface area contributed by atoms with Crippen molar-refractivity contribution in [3.63, 3.8) is 0 Å². The predicted molar refractivity (Wildman–Crippen MR) is 238 cm³/mol. The molecule has 4 aromatic heterocycles. The molecule has 0 radical (unpaired) electrons. The van der Waals surface area contributed by atoms with Gasteiger partial charge in [-0.25, -0.2) is 9.97 Å². The van der Waals surface area contributed by atoms with Crippen LogP contribution in [-0.2, 0) is 0 Å². The van der Waals surface area contributed by atoms with Crippen LogP contribution in [-0.4, -0.2) is 14.5 Å². The summed E-state index contributed by atoms with van der Waals surface area (Å²) in [5, 5.41) is 5.81. The van der Waals surface area contributed by atoms with Gasteiger partial charge in [0.15, 0.2) is 5.82 Å². The number of hydrogen-bond donors (Lipinski definition) is 0. The zero-order chi connectivity index (χ0) is 37.5. The van der Waals surface area contributed by atoms with Crippen LogP contribution in [0.15, 0.2) is 192 Å². The minimum absolute atomic E-state index is 0.732. The average Bonchev–Trinajstić information content (AvgIpc) is 3.95. The first-order valence-electron chi connectivity index (χ1n) is 19.1. The Bertz CT molecular complexity index is 3510. The molecule has 266 valence electrons. The molecular formula is C52H31N3OS. The highest BCUT2D eigenvalue weighted by Gasteiger charge is 2.19. The summed E-state index contributed by atoms with van der Waals surface area (Å²) < 4.78 is 11.1. The molecule has 0 N–H and O–H groups in total. The molecule has 0 aliphatic carbocycles. The van der Waals surface area contributed by atoms with Gasteiger partial charge < -0.3 is 8.98 Å². The second-order valence-corrected chi connectivity index (χ2v) is 15.6. The lowest BCUT2D eigenvalue weighted by Crippen LogP contribution is -1.93. The van der Waals surface area contributed by atoms with E-state index in [9.17, 15) is 0 Å². The topological polar surface area (TPSA) is 43.9 Å². The van der Waals surface area contributed by atoms with E-state index in [1.807, 2.05) is 24.3 Å². The lowest BCUT2D eigenvalue weighted by Gasteiger charge is -2.08. The molecule has 0 aliphatic rings. The van der Waals surface area contributed by atoms with Crippen molar-refractivity contribution in [2.75, 3.05) is 0 Å². The van der Waals surface area contributed by atoms with Crippen LogP contribution in [0.3, 0.4) is 0 Å². The average molecular weight is 746 g/mol. The van der Waals surface area contributed by atoms with Crippen molar-refractivity contribution in [3.8, 4) is 50.6 Å². The van der Waals surface area contributed by atoms with Crippen LogP contribution in [0.2, 0.25) is 0 Å². The fourth-order valence-corrected chi connectivity index (χ4v) is 9.61. The second kappa shape index (κ2) is 12.6. The summed E-state index contributed by atoms with van der Waals surface area (Å²) in [5.74, 6) is 0.732. The maximum atomic E-state index is 6.42. The fraction of sp³-hybridized carbons (Fsp3) is 0. The van der Waals surface area contributed by atoms with Crippen molar-refractivity contribution in [3.05, 3.63) is 188 Å². The van der Waals surface area contributed by atoms with Crippen molar-refractivity contribution in [2.24, 2.45) is 0 Å². The van der Waals surface area contributed by atoms with E-state index in [1.165, 1.54) is 32.1 Å². The number of benzene rings is 8. The summed E-state index contributed by atoms with van der Waals surface area (Å²) in [6, 6.07) is 66.7. The number of furan rings is 1. The van der Waals surface area contributed by atoms with Gasteiger partial charge >= 0.3 is 0 Å². The minimum atomic E-state index is 0.732. The van der Waals surface area contributed by atoms with Gasteiger partial charge in [-0.1, -0.05) is 121 Å². The molecule has 0 fully saturated rings. The molecule has 0 bridgehead atoms. The normalized spacial score (nSPS) is 11.9. The molecule has 0 spiro atoms. The van der Waals surface area contributed by atoms with Gasteiger partial charge in [0.25, 0.3) is 0 Å². The summed E-state index contributed by atoms with van der Waals surface area (Å²) in [5.41, 5.74) is 13.9. The Balaban J connectivity index is 0.985. The highest BCUT2D eigenvalue weighted by molar-refractivity contribution is 7.26. The van der Waals surface area contributed by atoms with Crippen molar-refractivity contribution in [1.29, 1.82) is 0 Å². The van der Waals surface area contributed by atoms with Crippen LogP contribution in [0.1, 0.15) is 0 Å². The maximum Gasteiger partial charge on any atom is 0.160 e. The van der Waals surface area contributed by atoms with E-state index in [0.717, 1.165) is 82.6 Å². The Hall–Kier alpha value is -7.34. The molecule has 0 aliphatic heterocycles. The van der Waals surface area contributed by atoms with Gasteiger partial charge in [0.2, 0.25) is 0 Å². The molecule has 0 amide bonds. The first-order valence-corrected chi connectivity index (χ1v) is 20.0. The van der Waals surface area contributed by atoms with Gasteiger partial charge in [0, 0.05) is 48.4 Å². The van der Waals surface area contributed by atoms with Crippen LogP contribution >= 0.6 is 11.3 Å². The Morgan fingerprint density at radius 3 is 1.65 bits per heavy atom. The predicted octanol–water partition coefficient (Wildman–Crippen LogP) is 14.5. The number of aromatic nitrogens is 3. The van der Waals surface area contributed by atoms with Crippen LogP contribution in [0, 0.1) is 0 Å². The molecule has 12 aromatic rings. The van der Waals surface area contributed by atoms with Crippen molar-refractivity contribution < 1.29 is 4.42 Å². The summed E-state index contributed by atoms with van der Waals surface area (Å²) in [4.78, 5) is 10.3. The molecule has 0 unspecified atom stereocenters. The SMILES string of the molecule is c1ccc(-c2nc(-c3ccccc3)c3sc4ccc(-c5ccc6oc7ccc(-c8ccc9c(c8)c8ccccc8n9-c8ccccc8)cc7c6c5)cc4c3n2)cc1. The maximum absolute atomic E-state index is 6.42. The molecule has 4 nitrogen and oxygen atoms in total. The van der Waals surface area contributed by atoms with E-state index in [4.69, 9.17) is 14.4 Å². The van der Waals surface area contributed by atoms with Crippen LogP contribution in [0.25, 0.3) is 115 Å². The van der Waals surface area contributed by atoms with Crippen LogP contribution < -0.4 is 0 Å². The van der Waals surface area contributed by atoms with E-state index in [1.54, 1.807) is 11.3 Å². The van der Waals surface area contributed by atoms with Gasteiger partial charge in [0.1, 0.15) is 11.2 Å². The Labute approximate surface area is 331 Å².